The summed E-state index contributed by atoms with van der Waals surface area (Å²) in [5.41, 5.74) is 6.25. The Labute approximate surface area is 119 Å². The molecule has 0 aliphatic rings. The first kappa shape index (κ1) is 14.3. The van der Waals surface area contributed by atoms with Crippen LogP contribution in [0.5, 0.6) is 5.75 Å². The Morgan fingerprint density at radius 1 is 1.29 bits per heavy atom. The Kier molecular flexibility index (Phi) is 4.02. The zero-order valence-electron chi connectivity index (χ0n) is 11.3. The quantitative estimate of drug-likeness (QED) is 0.761. The number of hydrogen-bond donors (Lipinski definition) is 3. The lowest BCUT2D eigenvalue weighted by Gasteiger charge is -2.11. The topological polar surface area (TPSA) is 132 Å². The van der Waals surface area contributed by atoms with Gasteiger partial charge in [0.15, 0.2) is 0 Å². The fourth-order valence-corrected chi connectivity index (χ4v) is 1.61. The van der Waals surface area contributed by atoms with Gasteiger partial charge in [-0.3, -0.25) is 9.59 Å². The van der Waals surface area contributed by atoms with Crippen LogP contribution in [-0.4, -0.2) is 29.2 Å². The molecule has 0 aliphatic heterocycles. The Balaban J connectivity index is 2.19. The molecule has 2 rings (SSSR count). The van der Waals surface area contributed by atoms with E-state index in [4.69, 9.17) is 10.5 Å². The van der Waals surface area contributed by atoms with Crippen molar-refractivity contribution < 1.29 is 19.0 Å². The van der Waals surface area contributed by atoms with E-state index in [2.05, 4.69) is 25.6 Å². The highest BCUT2D eigenvalue weighted by Crippen LogP contribution is 2.28. The van der Waals surface area contributed by atoms with Crippen molar-refractivity contribution in [1.82, 2.24) is 10.3 Å². The molecule has 2 amide bonds. The minimum atomic E-state index is -0.567. The first-order valence-electron chi connectivity index (χ1n) is 5.86. The second-order valence-electron chi connectivity index (χ2n) is 4.05. The lowest BCUT2D eigenvalue weighted by Crippen LogP contribution is -2.14. The third-order valence-electron chi connectivity index (χ3n) is 2.50. The number of nitrogens with zero attached hydrogens (tertiary/aromatic N) is 2. The largest absolute Gasteiger partial charge is 0.494 e. The Morgan fingerprint density at radius 3 is 2.62 bits per heavy atom. The second-order valence-corrected chi connectivity index (χ2v) is 4.05. The van der Waals surface area contributed by atoms with E-state index in [-0.39, 0.29) is 17.4 Å². The number of ether oxygens (including phenoxy) is 1. The first-order chi connectivity index (χ1) is 10.0. The molecule has 0 atom stereocenters. The summed E-state index contributed by atoms with van der Waals surface area (Å²) < 4.78 is 9.50. The van der Waals surface area contributed by atoms with E-state index in [1.807, 2.05) is 0 Å². The Morgan fingerprint density at radius 2 is 2.05 bits per heavy atom. The van der Waals surface area contributed by atoms with Crippen molar-refractivity contribution >= 4 is 29.0 Å². The SMILES string of the molecule is COc1cc(NC(=O)c2nonc2N)ccc1NC(C)=O. The predicted octanol–water partition coefficient (Wildman–Crippen LogP) is 0.871. The maximum atomic E-state index is 11.9. The van der Waals surface area contributed by atoms with E-state index in [1.165, 1.54) is 14.0 Å². The van der Waals surface area contributed by atoms with Crippen molar-refractivity contribution in [2.45, 2.75) is 6.92 Å². The maximum Gasteiger partial charge on any atom is 0.281 e. The molecule has 2 aromatic rings. The molecule has 0 bridgehead atoms. The van der Waals surface area contributed by atoms with E-state index in [9.17, 15) is 9.59 Å². The number of rotatable bonds is 4. The molecule has 0 radical (unpaired) electrons. The molecule has 0 spiro atoms. The summed E-state index contributed by atoms with van der Waals surface area (Å²) in [7, 11) is 1.45. The molecule has 0 fully saturated rings. The zero-order chi connectivity index (χ0) is 15.4. The maximum absolute atomic E-state index is 11.9. The zero-order valence-corrected chi connectivity index (χ0v) is 11.3. The second kappa shape index (κ2) is 5.90. The third-order valence-corrected chi connectivity index (χ3v) is 2.50. The first-order valence-corrected chi connectivity index (χ1v) is 5.86. The van der Waals surface area contributed by atoms with Crippen molar-refractivity contribution in [1.29, 1.82) is 0 Å². The highest BCUT2D eigenvalue weighted by atomic mass is 16.6. The summed E-state index contributed by atoms with van der Waals surface area (Å²) in [6, 6.07) is 4.74. The number of methoxy groups -OCH3 is 1. The number of amides is 2. The van der Waals surface area contributed by atoms with Gasteiger partial charge in [-0.2, -0.15) is 0 Å². The van der Waals surface area contributed by atoms with Crippen LogP contribution in [0.1, 0.15) is 17.4 Å². The molecule has 110 valence electrons. The van der Waals surface area contributed by atoms with E-state index in [0.29, 0.717) is 17.1 Å². The smallest absolute Gasteiger partial charge is 0.281 e. The van der Waals surface area contributed by atoms with Gasteiger partial charge in [0.2, 0.25) is 17.4 Å². The molecule has 1 aromatic heterocycles. The summed E-state index contributed by atoms with van der Waals surface area (Å²) >= 11 is 0. The number of nitrogen functional groups attached to an aromatic ring is 1. The number of nitrogens with two attached hydrogens (primary N) is 1. The van der Waals surface area contributed by atoms with Gasteiger partial charge in [-0.05, 0) is 22.4 Å². The van der Waals surface area contributed by atoms with Crippen molar-refractivity contribution in [3.63, 3.8) is 0 Å². The van der Waals surface area contributed by atoms with Crippen LogP contribution in [0.25, 0.3) is 0 Å². The molecule has 21 heavy (non-hydrogen) atoms. The summed E-state index contributed by atoms with van der Waals surface area (Å²) in [6.07, 6.45) is 0. The standard InChI is InChI=1S/C12H13N5O4/c1-6(18)14-8-4-3-7(5-9(8)20-2)15-12(19)10-11(13)17-21-16-10/h3-5H,1-2H3,(H2,13,17)(H,14,18)(H,15,19). The van der Waals surface area contributed by atoms with Crippen molar-refractivity contribution in [3.8, 4) is 5.75 Å². The number of carbonyl (C=O) groups is 2. The fourth-order valence-electron chi connectivity index (χ4n) is 1.61. The molecular formula is C12H13N5O4. The van der Waals surface area contributed by atoms with Crippen LogP contribution in [0.2, 0.25) is 0 Å². The molecule has 1 aromatic carbocycles. The van der Waals surface area contributed by atoms with Gasteiger partial charge < -0.3 is 21.1 Å². The number of carbonyl (C=O) groups excluding carboxylic acids is 2. The van der Waals surface area contributed by atoms with Gasteiger partial charge in [0, 0.05) is 18.7 Å². The molecule has 1 heterocycles. The van der Waals surface area contributed by atoms with Crippen LogP contribution < -0.4 is 21.1 Å². The molecule has 9 nitrogen and oxygen atoms in total. The van der Waals surface area contributed by atoms with Crippen LogP contribution in [0.3, 0.4) is 0 Å². The Bertz CT molecular complexity index is 682. The van der Waals surface area contributed by atoms with E-state index < -0.39 is 5.91 Å². The van der Waals surface area contributed by atoms with Gasteiger partial charge in [-0.15, -0.1) is 0 Å². The number of benzene rings is 1. The number of anilines is 3. The van der Waals surface area contributed by atoms with E-state index >= 15 is 0 Å². The third kappa shape index (κ3) is 3.26. The monoisotopic (exact) mass is 291 g/mol. The van der Waals surface area contributed by atoms with Gasteiger partial charge in [-0.1, -0.05) is 0 Å². The lowest BCUT2D eigenvalue weighted by molar-refractivity contribution is -0.114. The van der Waals surface area contributed by atoms with Crippen LogP contribution in [0.15, 0.2) is 22.8 Å². The van der Waals surface area contributed by atoms with E-state index in [0.717, 1.165) is 0 Å². The molecule has 0 saturated carbocycles. The normalized spacial score (nSPS) is 10.0. The van der Waals surface area contributed by atoms with Crippen molar-refractivity contribution in [2.24, 2.45) is 0 Å². The molecule has 0 aliphatic carbocycles. The highest BCUT2D eigenvalue weighted by Gasteiger charge is 2.16. The molecule has 9 heteroatoms. The Hall–Kier alpha value is -3.10. The van der Waals surface area contributed by atoms with Gasteiger partial charge in [-0.25, -0.2) is 4.63 Å². The van der Waals surface area contributed by atoms with Gasteiger partial charge in [0.1, 0.15) is 5.75 Å². The summed E-state index contributed by atoms with van der Waals surface area (Å²) in [5.74, 6) is -0.502. The minimum Gasteiger partial charge on any atom is -0.494 e. The average molecular weight is 291 g/mol. The molecule has 0 unspecified atom stereocenters. The van der Waals surface area contributed by atoms with Gasteiger partial charge >= 0.3 is 0 Å². The minimum absolute atomic E-state index is 0.102. The fraction of sp³-hybridized carbons (Fsp3) is 0.167. The molecule has 0 saturated heterocycles. The van der Waals surface area contributed by atoms with Crippen molar-refractivity contribution in [3.05, 3.63) is 23.9 Å². The number of hydrogen-bond acceptors (Lipinski definition) is 7. The van der Waals surface area contributed by atoms with E-state index in [1.54, 1.807) is 18.2 Å². The van der Waals surface area contributed by atoms with Crippen LogP contribution in [0.4, 0.5) is 17.2 Å². The predicted molar refractivity (Wildman–Crippen MR) is 74.0 cm³/mol. The summed E-state index contributed by atoms with van der Waals surface area (Å²) in [6.45, 7) is 1.38. The number of aromatic nitrogens is 2. The summed E-state index contributed by atoms with van der Waals surface area (Å²) in [4.78, 5) is 23.0. The molecular weight excluding hydrogens is 278 g/mol. The van der Waals surface area contributed by atoms with Crippen LogP contribution in [-0.2, 0) is 4.79 Å². The van der Waals surface area contributed by atoms with Crippen LogP contribution in [0, 0.1) is 0 Å². The van der Waals surface area contributed by atoms with Gasteiger partial charge in [0.25, 0.3) is 5.91 Å². The average Bonchev–Trinajstić information content (AvgIpc) is 2.86. The lowest BCUT2D eigenvalue weighted by atomic mass is 10.2. The van der Waals surface area contributed by atoms with Gasteiger partial charge in [0.05, 0.1) is 12.8 Å². The molecule has 4 N–H and O–H groups in total. The van der Waals surface area contributed by atoms with Crippen LogP contribution >= 0.6 is 0 Å². The summed E-state index contributed by atoms with van der Waals surface area (Å²) in [5, 5.41) is 11.9. The van der Waals surface area contributed by atoms with Crippen molar-refractivity contribution in [2.75, 3.05) is 23.5 Å². The number of nitrogens with one attached hydrogen (secondary N) is 2. The highest BCUT2D eigenvalue weighted by molar-refractivity contribution is 6.05.